The van der Waals surface area contributed by atoms with Crippen LogP contribution in [0.1, 0.15) is 12.8 Å². The van der Waals surface area contributed by atoms with Crippen molar-refractivity contribution in [1.82, 2.24) is 10.3 Å². The lowest BCUT2D eigenvalue weighted by Crippen LogP contribution is -2.42. The smallest absolute Gasteiger partial charge is 0.242 e. The van der Waals surface area contributed by atoms with Gasteiger partial charge in [-0.1, -0.05) is 0 Å². The van der Waals surface area contributed by atoms with Crippen LogP contribution in [0, 0.1) is 0 Å². The third kappa shape index (κ3) is 1.92. The predicted octanol–water partition coefficient (Wildman–Crippen LogP) is 1.59. The number of carbonyl (C=O) groups excluding carboxylic acids is 1. The Bertz CT molecular complexity index is 624. The fourth-order valence-electron chi connectivity index (χ4n) is 2.69. The Morgan fingerprint density at radius 1 is 1.58 bits per heavy atom. The highest BCUT2D eigenvalue weighted by Gasteiger charge is 2.31. The maximum absolute atomic E-state index is 11.9. The second-order valence-electron chi connectivity index (χ2n) is 4.66. The highest BCUT2D eigenvalue weighted by molar-refractivity contribution is 7.16. The molecule has 1 aliphatic rings. The summed E-state index contributed by atoms with van der Waals surface area (Å²) in [6, 6.07) is 3.90. The van der Waals surface area contributed by atoms with Crippen LogP contribution in [0.15, 0.2) is 17.6 Å². The zero-order valence-corrected chi connectivity index (χ0v) is 11.5. The minimum absolute atomic E-state index is 0.0512. The van der Waals surface area contributed by atoms with E-state index in [9.17, 15) is 4.79 Å². The fraction of sp³-hybridized carbons (Fsp3) is 0.385. The van der Waals surface area contributed by atoms with Gasteiger partial charge in [-0.15, -0.1) is 11.3 Å². The summed E-state index contributed by atoms with van der Waals surface area (Å²) in [5, 5.41) is 2.72. The molecule has 1 fully saturated rings. The number of nitrogens with two attached hydrogens (primary N) is 1. The van der Waals surface area contributed by atoms with Crippen molar-refractivity contribution in [2.45, 2.75) is 18.9 Å². The van der Waals surface area contributed by atoms with Crippen LogP contribution in [-0.4, -0.2) is 30.5 Å². The zero-order valence-electron chi connectivity index (χ0n) is 10.7. The van der Waals surface area contributed by atoms with Gasteiger partial charge in [0.15, 0.2) is 0 Å². The summed E-state index contributed by atoms with van der Waals surface area (Å²) in [5.74, 6) is 0.0512. The van der Waals surface area contributed by atoms with E-state index >= 15 is 0 Å². The molecule has 0 spiro atoms. The van der Waals surface area contributed by atoms with Gasteiger partial charge >= 0.3 is 0 Å². The molecule has 2 aromatic rings. The van der Waals surface area contributed by atoms with E-state index < -0.39 is 0 Å². The van der Waals surface area contributed by atoms with Crippen molar-refractivity contribution in [2.75, 3.05) is 24.2 Å². The molecule has 0 saturated carbocycles. The Hall–Kier alpha value is -1.82. The summed E-state index contributed by atoms with van der Waals surface area (Å²) in [6.45, 7) is 0.859. The first kappa shape index (κ1) is 12.2. The predicted molar refractivity (Wildman–Crippen MR) is 78.5 cm³/mol. The SMILES string of the molecule is CNC(=O)C1CCCN1c1ccc2scnc2c1N. The van der Waals surface area contributed by atoms with Gasteiger partial charge in [0.05, 0.1) is 21.6 Å². The van der Waals surface area contributed by atoms with Gasteiger partial charge in [0.1, 0.15) is 11.6 Å². The van der Waals surface area contributed by atoms with Gasteiger partial charge in [-0.2, -0.15) is 0 Å². The van der Waals surface area contributed by atoms with E-state index in [2.05, 4.69) is 15.2 Å². The topological polar surface area (TPSA) is 71.2 Å². The Morgan fingerprint density at radius 2 is 2.42 bits per heavy atom. The number of rotatable bonds is 2. The summed E-state index contributed by atoms with van der Waals surface area (Å²) < 4.78 is 1.08. The molecular formula is C13H16N4OS. The highest BCUT2D eigenvalue weighted by atomic mass is 32.1. The minimum Gasteiger partial charge on any atom is -0.395 e. The lowest BCUT2D eigenvalue weighted by Gasteiger charge is -2.26. The summed E-state index contributed by atoms with van der Waals surface area (Å²) in [7, 11) is 1.67. The molecule has 1 aliphatic heterocycles. The average Bonchev–Trinajstić information content (AvgIpc) is 3.06. The zero-order chi connectivity index (χ0) is 13.4. The standard InChI is InChI=1S/C13H16N4OS/c1-15-13(18)9-3-2-6-17(9)8-4-5-10-12(11(8)14)16-7-19-10/h4-5,7,9H,2-3,6,14H2,1H3,(H,15,18). The molecule has 1 amide bonds. The van der Waals surface area contributed by atoms with Crippen molar-refractivity contribution in [3.63, 3.8) is 0 Å². The second kappa shape index (κ2) is 4.70. The molecule has 19 heavy (non-hydrogen) atoms. The normalized spacial score (nSPS) is 19.0. The molecule has 0 bridgehead atoms. The number of hydrogen-bond acceptors (Lipinski definition) is 5. The minimum atomic E-state index is -0.122. The number of carbonyl (C=O) groups is 1. The average molecular weight is 276 g/mol. The molecule has 1 saturated heterocycles. The first-order valence-electron chi connectivity index (χ1n) is 6.32. The van der Waals surface area contributed by atoms with E-state index in [0.717, 1.165) is 35.3 Å². The van der Waals surface area contributed by atoms with Crippen molar-refractivity contribution in [2.24, 2.45) is 0 Å². The van der Waals surface area contributed by atoms with Crippen LogP contribution < -0.4 is 16.0 Å². The second-order valence-corrected chi connectivity index (χ2v) is 5.55. The van der Waals surface area contributed by atoms with Gasteiger partial charge in [-0.05, 0) is 25.0 Å². The largest absolute Gasteiger partial charge is 0.395 e. The maximum Gasteiger partial charge on any atom is 0.242 e. The van der Waals surface area contributed by atoms with Crippen LogP contribution in [0.25, 0.3) is 10.2 Å². The van der Waals surface area contributed by atoms with Crippen molar-refractivity contribution in [3.8, 4) is 0 Å². The number of hydrogen-bond donors (Lipinski definition) is 2. The van der Waals surface area contributed by atoms with Crippen molar-refractivity contribution >= 4 is 38.8 Å². The van der Waals surface area contributed by atoms with E-state index in [1.54, 1.807) is 23.9 Å². The summed E-state index contributed by atoms with van der Waals surface area (Å²) in [4.78, 5) is 18.3. The highest BCUT2D eigenvalue weighted by Crippen LogP contribution is 2.36. The van der Waals surface area contributed by atoms with Gasteiger partial charge in [-0.3, -0.25) is 4.79 Å². The van der Waals surface area contributed by atoms with E-state index in [4.69, 9.17) is 5.73 Å². The van der Waals surface area contributed by atoms with Gasteiger partial charge in [-0.25, -0.2) is 4.98 Å². The van der Waals surface area contributed by atoms with Gasteiger partial charge in [0, 0.05) is 13.6 Å². The number of nitrogen functional groups attached to an aromatic ring is 1. The van der Waals surface area contributed by atoms with E-state index in [1.165, 1.54) is 0 Å². The third-order valence-electron chi connectivity index (χ3n) is 3.63. The van der Waals surface area contributed by atoms with E-state index in [0.29, 0.717) is 5.69 Å². The van der Waals surface area contributed by atoms with Crippen LogP contribution in [-0.2, 0) is 4.79 Å². The van der Waals surface area contributed by atoms with E-state index in [-0.39, 0.29) is 11.9 Å². The molecule has 6 heteroatoms. The molecule has 3 N–H and O–H groups in total. The first-order chi connectivity index (χ1) is 9.22. The van der Waals surface area contributed by atoms with Crippen molar-refractivity contribution in [1.29, 1.82) is 0 Å². The molecule has 2 heterocycles. The summed E-state index contributed by atoms with van der Waals surface area (Å²) >= 11 is 1.58. The molecule has 0 radical (unpaired) electrons. The summed E-state index contributed by atoms with van der Waals surface area (Å²) in [5.41, 5.74) is 10.4. The molecule has 1 aromatic carbocycles. The fourth-order valence-corrected chi connectivity index (χ4v) is 3.38. The molecular weight excluding hydrogens is 260 g/mol. The third-order valence-corrected chi connectivity index (χ3v) is 4.42. The number of thiazole rings is 1. The number of aromatic nitrogens is 1. The molecule has 1 atom stereocenters. The molecule has 0 aliphatic carbocycles. The number of anilines is 2. The van der Waals surface area contributed by atoms with Crippen LogP contribution in [0.4, 0.5) is 11.4 Å². The van der Waals surface area contributed by atoms with Crippen molar-refractivity contribution in [3.05, 3.63) is 17.6 Å². The number of likely N-dealkylation sites (N-methyl/N-ethyl adjacent to an activating group) is 1. The molecule has 5 nitrogen and oxygen atoms in total. The lowest BCUT2D eigenvalue weighted by atomic mass is 10.1. The Kier molecular flexibility index (Phi) is 3.02. The molecule has 1 aromatic heterocycles. The van der Waals surface area contributed by atoms with Crippen LogP contribution in [0.3, 0.4) is 0 Å². The molecule has 1 unspecified atom stereocenters. The van der Waals surface area contributed by atoms with Gasteiger partial charge in [0.2, 0.25) is 5.91 Å². The number of amides is 1. The Morgan fingerprint density at radius 3 is 3.21 bits per heavy atom. The molecule has 100 valence electrons. The monoisotopic (exact) mass is 276 g/mol. The van der Waals surface area contributed by atoms with E-state index in [1.807, 2.05) is 12.1 Å². The first-order valence-corrected chi connectivity index (χ1v) is 7.20. The van der Waals surface area contributed by atoms with Crippen LogP contribution in [0.5, 0.6) is 0 Å². The lowest BCUT2D eigenvalue weighted by molar-refractivity contribution is -0.121. The number of fused-ring (bicyclic) bond motifs is 1. The van der Waals surface area contributed by atoms with Gasteiger partial charge < -0.3 is 16.0 Å². The number of nitrogens with zero attached hydrogens (tertiary/aromatic N) is 2. The van der Waals surface area contributed by atoms with Gasteiger partial charge in [0.25, 0.3) is 0 Å². The quantitative estimate of drug-likeness (QED) is 0.817. The number of nitrogens with one attached hydrogen (secondary N) is 1. The van der Waals surface area contributed by atoms with Crippen LogP contribution >= 0.6 is 11.3 Å². The number of benzene rings is 1. The Labute approximate surface area is 115 Å². The van der Waals surface area contributed by atoms with Crippen molar-refractivity contribution < 1.29 is 4.79 Å². The molecule has 3 rings (SSSR count). The van der Waals surface area contributed by atoms with Crippen LogP contribution in [0.2, 0.25) is 0 Å². The Balaban J connectivity index is 2.03. The maximum atomic E-state index is 11.9. The summed E-state index contributed by atoms with van der Waals surface area (Å²) in [6.07, 6.45) is 1.88.